The molecule has 0 spiro atoms. The normalized spacial score (nSPS) is 12.4. The molecule has 0 unspecified atom stereocenters. The minimum Gasteiger partial charge on any atom is -0.508 e. The number of hydrogen-bond donors (Lipinski definition) is 2. The molecule has 2 aromatic heterocycles. The fourth-order valence-electron chi connectivity index (χ4n) is 3.37. The van der Waals surface area contributed by atoms with Gasteiger partial charge in [-0.1, -0.05) is 35.9 Å². The summed E-state index contributed by atoms with van der Waals surface area (Å²) in [6, 6.07) is 17.6. The Hall–Kier alpha value is -2.89. The Morgan fingerprint density at radius 2 is 1.89 bits per heavy atom. The zero-order valence-electron chi connectivity index (χ0n) is 15.7. The summed E-state index contributed by atoms with van der Waals surface area (Å²) in [4.78, 5) is 13.3. The molecule has 4 aromatic rings. The van der Waals surface area contributed by atoms with Crippen LogP contribution < -0.4 is 10.9 Å². The number of phenolic OH excluding ortho intramolecular Hbond substituents is 1. The lowest BCUT2D eigenvalue weighted by Gasteiger charge is -2.19. The fraction of sp³-hybridized carbons (Fsp3) is 0.174. The van der Waals surface area contributed by atoms with Crippen LogP contribution in [-0.2, 0) is 6.54 Å². The largest absolute Gasteiger partial charge is 0.508 e. The van der Waals surface area contributed by atoms with Crippen molar-refractivity contribution in [2.45, 2.75) is 26.4 Å². The molecule has 2 N–H and O–H groups in total. The van der Waals surface area contributed by atoms with Gasteiger partial charge >= 0.3 is 5.63 Å². The third-order valence-electron chi connectivity index (χ3n) is 4.95. The SMILES string of the molecule is Cc1ccc([C@@H](NCc2cc(=O)oc3c(C)c(O)ccc23)c2cccs2)cc1. The Balaban J connectivity index is 1.71. The number of nitrogens with one attached hydrogen (secondary N) is 1. The molecule has 0 saturated carbocycles. The van der Waals surface area contributed by atoms with Crippen LogP contribution in [0, 0.1) is 13.8 Å². The highest BCUT2D eigenvalue weighted by Crippen LogP contribution is 2.29. The van der Waals surface area contributed by atoms with Gasteiger partial charge in [-0.3, -0.25) is 0 Å². The van der Waals surface area contributed by atoms with Gasteiger partial charge in [-0.05, 0) is 48.6 Å². The Morgan fingerprint density at radius 1 is 1.11 bits per heavy atom. The highest BCUT2D eigenvalue weighted by molar-refractivity contribution is 7.10. The van der Waals surface area contributed by atoms with Crippen molar-refractivity contribution in [3.8, 4) is 5.75 Å². The highest BCUT2D eigenvalue weighted by atomic mass is 32.1. The number of hydrogen-bond acceptors (Lipinski definition) is 5. The third-order valence-corrected chi connectivity index (χ3v) is 5.89. The molecule has 5 heteroatoms. The van der Waals surface area contributed by atoms with E-state index < -0.39 is 5.63 Å². The van der Waals surface area contributed by atoms with Gasteiger partial charge in [-0.2, -0.15) is 0 Å². The van der Waals surface area contributed by atoms with Crippen LogP contribution in [0.4, 0.5) is 0 Å². The molecule has 0 amide bonds. The number of rotatable bonds is 5. The average Bonchev–Trinajstić information content (AvgIpc) is 3.21. The third kappa shape index (κ3) is 3.59. The van der Waals surface area contributed by atoms with Gasteiger partial charge in [0.25, 0.3) is 0 Å². The molecule has 0 aliphatic rings. The second-order valence-corrected chi connectivity index (χ2v) is 7.90. The first-order valence-corrected chi connectivity index (χ1v) is 9.99. The van der Waals surface area contributed by atoms with Crippen LogP contribution in [0.15, 0.2) is 69.2 Å². The van der Waals surface area contributed by atoms with Gasteiger partial charge in [0.05, 0.1) is 6.04 Å². The van der Waals surface area contributed by atoms with Crippen LogP contribution in [-0.4, -0.2) is 5.11 Å². The van der Waals surface area contributed by atoms with E-state index in [2.05, 4.69) is 48.0 Å². The van der Waals surface area contributed by atoms with Crippen LogP contribution in [0.5, 0.6) is 5.75 Å². The standard InChI is InChI=1S/C23H21NO3S/c1-14-5-7-16(8-6-14)22(20-4-3-11-28-20)24-13-17-12-21(26)27-23-15(2)19(25)10-9-18(17)23/h3-12,22,24-25H,13H2,1-2H3/t22-/m1/s1. The van der Waals surface area contributed by atoms with E-state index in [9.17, 15) is 9.90 Å². The van der Waals surface area contributed by atoms with Gasteiger partial charge in [0.1, 0.15) is 11.3 Å². The van der Waals surface area contributed by atoms with Gasteiger partial charge in [0, 0.05) is 28.4 Å². The number of benzene rings is 2. The van der Waals surface area contributed by atoms with Gasteiger partial charge in [0.15, 0.2) is 0 Å². The maximum Gasteiger partial charge on any atom is 0.336 e. The molecule has 2 aromatic carbocycles. The lowest BCUT2D eigenvalue weighted by atomic mass is 10.0. The summed E-state index contributed by atoms with van der Waals surface area (Å²) in [6.45, 7) is 4.33. The Morgan fingerprint density at radius 3 is 2.61 bits per heavy atom. The van der Waals surface area contributed by atoms with Crippen molar-refractivity contribution in [3.63, 3.8) is 0 Å². The molecule has 0 bridgehead atoms. The molecule has 28 heavy (non-hydrogen) atoms. The summed E-state index contributed by atoms with van der Waals surface area (Å²) < 4.78 is 5.35. The van der Waals surface area contributed by atoms with E-state index in [1.807, 2.05) is 6.07 Å². The molecule has 2 heterocycles. The predicted octanol–water partition coefficient (Wildman–Crippen LogP) is 5.06. The second kappa shape index (κ2) is 7.62. The van der Waals surface area contributed by atoms with E-state index in [-0.39, 0.29) is 11.8 Å². The summed E-state index contributed by atoms with van der Waals surface area (Å²) in [7, 11) is 0. The minimum atomic E-state index is -0.416. The van der Waals surface area contributed by atoms with E-state index in [0.29, 0.717) is 17.7 Å². The molecule has 0 aliphatic heterocycles. The van der Waals surface area contributed by atoms with Crippen molar-refractivity contribution in [2.75, 3.05) is 0 Å². The first kappa shape index (κ1) is 18.5. The summed E-state index contributed by atoms with van der Waals surface area (Å²) in [6.07, 6.45) is 0. The van der Waals surface area contributed by atoms with E-state index in [1.54, 1.807) is 30.4 Å². The van der Waals surface area contributed by atoms with Gasteiger partial charge in [-0.15, -0.1) is 11.3 Å². The van der Waals surface area contributed by atoms with E-state index in [4.69, 9.17) is 4.42 Å². The summed E-state index contributed by atoms with van der Waals surface area (Å²) in [5, 5.41) is 16.4. The second-order valence-electron chi connectivity index (χ2n) is 6.92. The molecule has 1 atom stereocenters. The molecule has 0 radical (unpaired) electrons. The minimum absolute atomic E-state index is 0.0288. The first-order valence-electron chi connectivity index (χ1n) is 9.11. The molecule has 0 fully saturated rings. The maximum absolute atomic E-state index is 12.1. The van der Waals surface area contributed by atoms with Gasteiger partial charge in [-0.25, -0.2) is 4.79 Å². The van der Waals surface area contributed by atoms with E-state index in [0.717, 1.165) is 10.9 Å². The number of phenols is 1. The van der Waals surface area contributed by atoms with Gasteiger partial charge < -0.3 is 14.8 Å². The summed E-state index contributed by atoms with van der Waals surface area (Å²) >= 11 is 1.70. The Labute approximate surface area is 167 Å². The quantitative estimate of drug-likeness (QED) is 0.467. The highest BCUT2D eigenvalue weighted by Gasteiger charge is 2.17. The number of fused-ring (bicyclic) bond motifs is 1. The van der Waals surface area contributed by atoms with Crippen molar-refractivity contribution < 1.29 is 9.52 Å². The topological polar surface area (TPSA) is 62.5 Å². The van der Waals surface area contributed by atoms with Crippen molar-refractivity contribution in [1.82, 2.24) is 5.32 Å². The van der Waals surface area contributed by atoms with Crippen LogP contribution in [0.25, 0.3) is 11.0 Å². The van der Waals surface area contributed by atoms with Crippen molar-refractivity contribution >= 4 is 22.3 Å². The molecule has 142 valence electrons. The first-order chi connectivity index (χ1) is 13.5. The molecular weight excluding hydrogens is 370 g/mol. The average molecular weight is 391 g/mol. The molecule has 4 rings (SSSR count). The monoisotopic (exact) mass is 391 g/mol. The molecule has 4 nitrogen and oxygen atoms in total. The molecular formula is C23H21NO3S. The van der Waals surface area contributed by atoms with Crippen LogP contribution in [0.2, 0.25) is 0 Å². The number of aryl methyl sites for hydroxylation is 2. The van der Waals surface area contributed by atoms with Crippen molar-refractivity contribution in [1.29, 1.82) is 0 Å². The van der Waals surface area contributed by atoms with E-state index in [1.165, 1.54) is 22.1 Å². The lowest BCUT2D eigenvalue weighted by Crippen LogP contribution is -2.22. The van der Waals surface area contributed by atoms with Gasteiger partial charge in [0.2, 0.25) is 0 Å². The summed E-state index contributed by atoms with van der Waals surface area (Å²) in [5.41, 5.74) is 3.84. The Bertz CT molecular complexity index is 1160. The Kier molecular flexibility index (Phi) is 5.03. The molecule has 0 aliphatic carbocycles. The van der Waals surface area contributed by atoms with Crippen molar-refractivity contribution in [2.24, 2.45) is 0 Å². The van der Waals surface area contributed by atoms with E-state index >= 15 is 0 Å². The zero-order valence-corrected chi connectivity index (χ0v) is 16.5. The fourth-order valence-corrected chi connectivity index (χ4v) is 4.20. The van der Waals surface area contributed by atoms with Crippen LogP contribution in [0.1, 0.15) is 33.2 Å². The van der Waals surface area contributed by atoms with Crippen molar-refractivity contribution in [3.05, 3.63) is 97.5 Å². The maximum atomic E-state index is 12.1. The predicted molar refractivity (Wildman–Crippen MR) is 113 cm³/mol. The molecule has 0 saturated heterocycles. The zero-order chi connectivity index (χ0) is 19.7. The number of aromatic hydroxyl groups is 1. The smallest absolute Gasteiger partial charge is 0.336 e. The van der Waals surface area contributed by atoms with Crippen LogP contribution >= 0.6 is 11.3 Å². The summed E-state index contributed by atoms with van der Waals surface area (Å²) in [5.74, 6) is 0.122. The lowest BCUT2D eigenvalue weighted by molar-refractivity contribution is 0.468. The van der Waals surface area contributed by atoms with Crippen LogP contribution in [0.3, 0.4) is 0 Å². The number of thiophene rings is 1.